The lowest BCUT2D eigenvalue weighted by Crippen LogP contribution is -2.45. The molecule has 9 heteroatoms. The molecule has 2 atom stereocenters. The Morgan fingerprint density at radius 1 is 1.07 bits per heavy atom. The van der Waals surface area contributed by atoms with Gasteiger partial charge < -0.3 is 20.3 Å². The fraction of sp³-hybridized carbons (Fsp3) is 0.579. The summed E-state index contributed by atoms with van der Waals surface area (Å²) in [5.41, 5.74) is 0.807. The first-order chi connectivity index (χ1) is 13.1. The topological polar surface area (TPSA) is 117 Å². The monoisotopic (exact) mass is 413 g/mol. The van der Waals surface area contributed by atoms with E-state index in [2.05, 4.69) is 15.7 Å². The maximum absolute atomic E-state index is 12.4. The fourth-order valence-corrected chi connectivity index (χ4v) is 3.50. The van der Waals surface area contributed by atoms with Crippen LogP contribution in [0.25, 0.3) is 0 Å². The number of nitrogens with one attached hydrogen (secondary N) is 3. The lowest BCUT2D eigenvalue weighted by atomic mass is 10.0. The minimum absolute atomic E-state index is 0.0589. The maximum atomic E-state index is 12.4. The molecule has 8 nitrogen and oxygen atoms in total. The summed E-state index contributed by atoms with van der Waals surface area (Å²) in [5, 5.41) is 7.55. The molecule has 2 amide bonds. The van der Waals surface area contributed by atoms with Gasteiger partial charge in [-0.2, -0.15) is 0 Å². The Balaban J connectivity index is 2.53. The van der Waals surface area contributed by atoms with E-state index in [1.807, 2.05) is 45.9 Å². The Morgan fingerprint density at radius 3 is 2.29 bits per heavy atom. The Bertz CT molecular complexity index is 667. The van der Waals surface area contributed by atoms with Crippen molar-refractivity contribution in [3.63, 3.8) is 0 Å². The molecule has 1 aromatic carbocycles. The predicted octanol–water partition coefficient (Wildman–Crippen LogP) is 2.83. The molecule has 0 saturated carbocycles. The second kappa shape index (κ2) is 11.8. The van der Waals surface area contributed by atoms with E-state index in [-0.39, 0.29) is 24.3 Å². The molecule has 0 saturated heterocycles. The molecule has 0 heterocycles. The van der Waals surface area contributed by atoms with E-state index in [9.17, 15) is 19.0 Å². The molecule has 0 spiro atoms. The summed E-state index contributed by atoms with van der Waals surface area (Å²) in [5.74, 6) is 0.0834. The second-order valence-electron chi connectivity index (χ2n) is 7.55. The van der Waals surface area contributed by atoms with E-state index >= 15 is 0 Å². The molecule has 28 heavy (non-hydrogen) atoms. The molecule has 0 radical (unpaired) electrons. The first kappa shape index (κ1) is 24.1. The van der Waals surface area contributed by atoms with Crippen LogP contribution in [0.15, 0.2) is 30.3 Å². The van der Waals surface area contributed by atoms with Crippen molar-refractivity contribution in [3.8, 4) is 0 Å². The molecular weight excluding hydrogens is 381 g/mol. The largest absolute Gasteiger partial charge is 0.445 e. The number of amides is 2. The van der Waals surface area contributed by atoms with E-state index in [4.69, 9.17) is 4.74 Å². The summed E-state index contributed by atoms with van der Waals surface area (Å²) < 4.78 is 17.4. The van der Waals surface area contributed by atoms with Crippen molar-refractivity contribution in [2.45, 2.75) is 46.8 Å². The number of hydrogen-bond donors (Lipinski definition) is 4. The summed E-state index contributed by atoms with van der Waals surface area (Å²) in [6.45, 7) is 8.32. The normalized spacial score (nSPS) is 14.4. The van der Waals surface area contributed by atoms with Gasteiger partial charge in [0, 0.05) is 6.54 Å². The summed E-state index contributed by atoms with van der Waals surface area (Å²) in [6.07, 6.45) is -0.941. The SMILES string of the molecule is CC(C)CNC(=O)[C@H](CC(C)C)NP(=O)(O)CNC(=O)OCc1ccccc1. The zero-order valence-electron chi connectivity index (χ0n) is 17.0. The third-order valence-corrected chi connectivity index (χ3v) is 5.02. The van der Waals surface area contributed by atoms with Crippen molar-refractivity contribution in [3.05, 3.63) is 35.9 Å². The Hall–Kier alpha value is -1.89. The van der Waals surface area contributed by atoms with Gasteiger partial charge in [0.1, 0.15) is 12.9 Å². The zero-order valence-corrected chi connectivity index (χ0v) is 17.9. The smallest absolute Gasteiger partial charge is 0.407 e. The average Bonchev–Trinajstić information content (AvgIpc) is 2.62. The standard InChI is InChI=1S/C19H32N3O5P/c1-14(2)10-17(18(23)20-11-15(3)4)22-28(25,26)13-21-19(24)27-12-16-8-6-5-7-9-16/h5-9,14-15,17H,10-13H2,1-4H3,(H,20,23)(H,21,24)(H2,22,25,26)/t17-/m0/s1. The number of hydrogen-bond acceptors (Lipinski definition) is 4. The molecule has 1 aromatic rings. The molecule has 0 fully saturated rings. The number of alkyl carbamates (subject to hydrolysis) is 1. The summed E-state index contributed by atoms with van der Waals surface area (Å²) >= 11 is 0. The van der Waals surface area contributed by atoms with Gasteiger partial charge in [-0.25, -0.2) is 9.88 Å². The van der Waals surface area contributed by atoms with Crippen molar-refractivity contribution < 1.29 is 23.8 Å². The number of rotatable bonds is 11. The van der Waals surface area contributed by atoms with Crippen LogP contribution in [-0.4, -0.2) is 35.8 Å². The van der Waals surface area contributed by atoms with Crippen LogP contribution in [0.5, 0.6) is 0 Å². The molecule has 1 unspecified atom stereocenters. The lowest BCUT2D eigenvalue weighted by Gasteiger charge is -2.24. The van der Waals surface area contributed by atoms with E-state index in [0.29, 0.717) is 13.0 Å². The van der Waals surface area contributed by atoms with Crippen LogP contribution in [0.2, 0.25) is 0 Å². The third-order valence-electron chi connectivity index (χ3n) is 3.72. The highest BCUT2D eigenvalue weighted by Crippen LogP contribution is 2.35. The van der Waals surface area contributed by atoms with Gasteiger partial charge in [0.05, 0.1) is 6.04 Å². The van der Waals surface area contributed by atoms with Gasteiger partial charge in [0.2, 0.25) is 5.91 Å². The van der Waals surface area contributed by atoms with E-state index < -0.39 is 25.9 Å². The van der Waals surface area contributed by atoms with Crippen LogP contribution < -0.4 is 15.7 Å². The van der Waals surface area contributed by atoms with Crippen LogP contribution in [-0.2, 0) is 20.7 Å². The molecule has 0 aliphatic carbocycles. The summed E-state index contributed by atoms with van der Waals surface area (Å²) in [7, 11) is -3.98. The predicted molar refractivity (Wildman–Crippen MR) is 109 cm³/mol. The van der Waals surface area contributed by atoms with Crippen LogP contribution in [0.3, 0.4) is 0 Å². The molecule has 4 N–H and O–H groups in total. The fourth-order valence-electron chi connectivity index (χ4n) is 2.35. The zero-order chi connectivity index (χ0) is 21.2. The van der Waals surface area contributed by atoms with Crippen molar-refractivity contribution in [2.24, 2.45) is 11.8 Å². The quantitative estimate of drug-likeness (QED) is 0.415. The van der Waals surface area contributed by atoms with Gasteiger partial charge >= 0.3 is 6.09 Å². The number of carbonyl (C=O) groups excluding carboxylic acids is 2. The Labute approximate surface area is 166 Å². The van der Waals surface area contributed by atoms with Crippen molar-refractivity contribution in [2.75, 3.05) is 12.8 Å². The van der Waals surface area contributed by atoms with Crippen LogP contribution in [0.1, 0.15) is 39.7 Å². The Kier molecular flexibility index (Phi) is 10.2. The molecule has 0 aliphatic heterocycles. The highest BCUT2D eigenvalue weighted by atomic mass is 31.2. The Morgan fingerprint density at radius 2 is 1.71 bits per heavy atom. The molecular formula is C19H32N3O5P. The first-order valence-electron chi connectivity index (χ1n) is 9.41. The average molecular weight is 413 g/mol. The van der Waals surface area contributed by atoms with Crippen molar-refractivity contribution >= 4 is 19.5 Å². The number of ether oxygens (including phenoxy) is 1. The van der Waals surface area contributed by atoms with E-state index in [1.165, 1.54) is 0 Å². The molecule has 0 aliphatic rings. The third kappa shape index (κ3) is 10.4. The highest BCUT2D eigenvalue weighted by Gasteiger charge is 2.29. The lowest BCUT2D eigenvalue weighted by molar-refractivity contribution is -0.123. The summed E-state index contributed by atoms with van der Waals surface area (Å²) in [6, 6.07) is 8.28. The van der Waals surface area contributed by atoms with Crippen LogP contribution in [0, 0.1) is 11.8 Å². The molecule has 1 rings (SSSR count). The highest BCUT2D eigenvalue weighted by molar-refractivity contribution is 7.55. The first-order valence-corrected chi connectivity index (χ1v) is 11.3. The summed E-state index contributed by atoms with van der Waals surface area (Å²) in [4.78, 5) is 34.3. The maximum Gasteiger partial charge on any atom is 0.407 e. The van der Waals surface area contributed by atoms with E-state index in [1.54, 1.807) is 12.1 Å². The number of benzene rings is 1. The van der Waals surface area contributed by atoms with Crippen molar-refractivity contribution in [1.82, 2.24) is 15.7 Å². The van der Waals surface area contributed by atoms with Crippen molar-refractivity contribution in [1.29, 1.82) is 0 Å². The van der Waals surface area contributed by atoms with Gasteiger partial charge in [-0.3, -0.25) is 9.36 Å². The van der Waals surface area contributed by atoms with Gasteiger partial charge in [0.25, 0.3) is 7.52 Å². The second-order valence-corrected chi connectivity index (χ2v) is 9.53. The molecule has 0 bridgehead atoms. The molecule has 0 aromatic heterocycles. The minimum atomic E-state index is -3.98. The van der Waals surface area contributed by atoms with Crippen LogP contribution >= 0.6 is 7.52 Å². The van der Waals surface area contributed by atoms with E-state index in [0.717, 1.165) is 5.56 Å². The van der Waals surface area contributed by atoms with Gasteiger partial charge in [-0.1, -0.05) is 58.0 Å². The van der Waals surface area contributed by atoms with Crippen LogP contribution in [0.4, 0.5) is 4.79 Å². The molecule has 158 valence electrons. The van der Waals surface area contributed by atoms with Gasteiger partial charge in [-0.15, -0.1) is 0 Å². The number of carbonyl (C=O) groups is 2. The van der Waals surface area contributed by atoms with Gasteiger partial charge in [-0.05, 0) is 23.8 Å². The minimum Gasteiger partial charge on any atom is -0.445 e. The van der Waals surface area contributed by atoms with Gasteiger partial charge in [0.15, 0.2) is 0 Å².